The third-order valence-electron chi connectivity index (χ3n) is 6.73. The van der Waals surface area contributed by atoms with Gasteiger partial charge in [-0.3, -0.25) is 9.78 Å². The van der Waals surface area contributed by atoms with Gasteiger partial charge in [-0.05, 0) is 46.3 Å². The fourth-order valence-corrected chi connectivity index (χ4v) is 4.46. The van der Waals surface area contributed by atoms with E-state index in [0.717, 1.165) is 0 Å². The molecule has 4 heterocycles. The van der Waals surface area contributed by atoms with Gasteiger partial charge in [0.05, 0.1) is 38.0 Å². The van der Waals surface area contributed by atoms with Crippen LogP contribution in [0.2, 0.25) is 0 Å². The van der Waals surface area contributed by atoms with E-state index in [-0.39, 0.29) is 41.0 Å². The van der Waals surface area contributed by atoms with Crippen molar-refractivity contribution >= 4 is 40.0 Å². The molecule has 0 radical (unpaired) electrons. The zero-order valence-corrected chi connectivity index (χ0v) is 26.7. The van der Waals surface area contributed by atoms with Crippen molar-refractivity contribution in [2.45, 2.75) is 13.2 Å². The first kappa shape index (κ1) is 33.5. The third kappa shape index (κ3) is 8.42. The summed E-state index contributed by atoms with van der Waals surface area (Å²) in [6.07, 6.45) is 8.97. The van der Waals surface area contributed by atoms with E-state index in [4.69, 9.17) is 4.74 Å². The second-order valence-electron chi connectivity index (χ2n) is 10.7. The second-order valence-corrected chi connectivity index (χ2v) is 10.7. The van der Waals surface area contributed by atoms with Crippen LogP contribution in [0.25, 0.3) is 10.9 Å². The molecule has 238 valence electrons. The Bertz CT molecular complexity index is 1880. The zero-order chi connectivity index (χ0) is 32.0. The first-order chi connectivity index (χ1) is 21.6. The summed E-state index contributed by atoms with van der Waals surface area (Å²) in [6, 6.07) is 11.5. The largest absolute Gasteiger partial charge is 1.00 e. The molecule has 0 aliphatic carbocycles. The number of halogens is 2. The fourth-order valence-electron chi connectivity index (χ4n) is 4.46. The molecule has 0 saturated carbocycles. The summed E-state index contributed by atoms with van der Waals surface area (Å²) < 4.78 is 22.3. The average Bonchev–Trinajstić information content (AvgIpc) is 3.36. The molecule has 0 unspecified atom stereocenters. The first-order valence-corrected chi connectivity index (χ1v) is 13.7. The SMILES string of the molecule is Cn1cnc([N+](=O)[O-])c1C[N+](C)(C)C/C=C/C(=O)Nc1cc2c(Nc3ccc(OCc4ccccn4)c(F)c3)ncnc2cn1.[Br-]. The van der Waals surface area contributed by atoms with Crippen LogP contribution in [-0.4, -0.2) is 65.4 Å². The lowest BCUT2D eigenvalue weighted by atomic mass is 10.2. The van der Waals surface area contributed by atoms with Crippen molar-refractivity contribution in [2.75, 3.05) is 31.3 Å². The van der Waals surface area contributed by atoms with E-state index in [1.807, 2.05) is 20.2 Å². The standard InChI is InChI=1S/C30H29FN10O4.BrH/c1-39-19-36-30(40(43)44)25(39)16-41(2,3)12-6-8-28(42)38-27-14-22-24(15-33-27)34-18-35-29(22)37-20-9-10-26(23(31)13-20)45-17-21-7-4-5-11-32-21;/h4-11,13-15,18-19H,12,16-17H2,1-3H3,(H-,33,34,35,37,38,42);1H/b8-6+;. The van der Waals surface area contributed by atoms with Gasteiger partial charge in [0.15, 0.2) is 17.3 Å². The van der Waals surface area contributed by atoms with Gasteiger partial charge in [-0.15, -0.1) is 0 Å². The van der Waals surface area contributed by atoms with Gasteiger partial charge in [0.1, 0.15) is 31.1 Å². The maximum Gasteiger partial charge on any atom is 0.390 e. The number of aromatic nitrogens is 6. The number of ether oxygens (including phenoxy) is 1. The average molecular weight is 694 g/mol. The summed E-state index contributed by atoms with van der Waals surface area (Å²) in [5, 5.41) is 17.7. The van der Waals surface area contributed by atoms with Crippen molar-refractivity contribution in [3.05, 3.63) is 107 Å². The lowest BCUT2D eigenvalue weighted by Crippen LogP contribution is -3.00. The number of nitrogens with zero attached hydrogens (tertiary/aromatic N) is 8. The minimum Gasteiger partial charge on any atom is -1.00 e. The van der Waals surface area contributed by atoms with Gasteiger partial charge in [0, 0.05) is 36.5 Å². The van der Waals surface area contributed by atoms with E-state index in [1.165, 1.54) is 37.1 Å². The quantitative estimate of drug-likeness (QED) is 0.0843. The number of benzene rings is 1. The highest BCUT2D eigenvalue weighted by molar-refractivity contribution is 6.00. The van der Waals surface area contributed by atoms with Crippen LogP contribution in [0.5, 0.6) is 5.75 Å². The number of quaternary nitrogens is 1. The molecule has 1 amide bonds. The Morgan fingerprint density at radius 1 is 1.13 bits per heavy atom. The Morgan fingerprint density at radius 2 is 1.96 bits per heavy atom. The number of hydrogen-bond acceptors (Lipinski definition) is 10. The van der Waals surface area contributed by atoms with Gasteiger partial charge in [0.25, 0.3) is 0 Å². The number of fused-ring (bicyclic) bond motifs is 1. The molecular weight excluding hydrogens is 663 g/mol. The number of carbonyl (C=O) groups is 1. The van der Waals surface area contributed by atoms with Crippen molar-refractivity contribution in [3.8, 4) is 5.75 Å². The molecule has 5 aromatic rings. The van der Waals surface area contributed by atoms with E-state index >= 15 is 0 Å². The van der Waals surface area contributed by atoms with E-state index in [1.54, 1.807) is 48.2 Å². The van der Waals surface area contributed by atoms with Crippen LogP contribution in [0.1, 0.15) is 11.4 Å². The molecule has 0 aliphatic heterocycles. The molecule has 1 aromatic carbocycles. The van der Waals surface area contributed by atoms with Crippen molar-refractivity contribution in [1.82, 2.24) is 29.5 Å². The number of nitrogens with one attached hydrogen (secondary N) is 2. The molecule has 16 heteroatoms. The molecule has 5 rings (SSSR count). The fraction of sp³-hybridized carbons (Fsp3) is 0.200. The topological polar surface area (TPSA) is 163 Å². The van der Waals surface area contributed by atoms with Gasteiger partial charge in [-0.2, -0.15) is 0 Å². The Labute approximate surface area is 273 Å². The van der Waals surface area contributed by atoms with Crippen LogP contribution >= 0.6 is 0 Å². The molecular formula is C30H30BrFN10O4. The van der Waals surface area contributed by atoms with E-state index < -0.39 is 16.6 Å². The molecule has 46 heavy (non-hydrogen) atoms. The summed E-state index contributed by atoms with van der Waals surface area (Å²) in [4.78, 5) is 44.3. The molecule has 4 aromatic heterocycles. The van der Waals surface area contributed by atoms with Gasteiger partial charge in [-0.1, -0.05) is 6.07 Å². The number of anilines is 3. The van der Waals surface area contributed by atoms with Gasteiger partial charge in [-0.25, -0.2) is 19.3 Å². The lowest BCUT2D eigenvalue weighted by molar-refractivity contribution is -0.898. The number of pyridine rings is 2. The van der Waals surface area contributed by atoms with Crippen LogP contribution in [-0.2, 0) is 25.0 Å². The summed E-state index contributed by atoms with van der Waals surface area (Å²) in [5.41, 5.74) is 2.11. The highest BCUT2D eigenvalue weighted by atomic mass is 79.9. The molecule has 14 nitrogen and oxygen atoms in total. The monoisotopic (exact) mass is 692 g/mol. The normalized spacial score (nSPS) is 11.3. The van der Waals surface area contributed by atoms with Crippen LogP contribution in [0.15, 0.2) is 79.7 Å². The predicted molar refractivity (Wildman–Crippen MR) is 164 cm³/mol. The number of aryl methyl sites for hydroxylation is 1. The Hall–Kier alpha value is -5.35. The second kappa shape index (κ2) is 14.6. The van der Waals surface area contributed by atoms with E-state index in [9.17, 15) is 19.3 Å². The Kier molecular flexibility index (Phi) is 10.7. The molecule has 0 saturated heterocycles. The zero-order valence-electron chi connectivity index (χ0n) is 25.1. The van der Waals surface area contributed by atoms with Crippen LogP contribution < -0.4 is 32.4 Å². The summed E-state index contributed by atoms with van der Waals surface area (Å²) in [5.74, 6) is -0.420. The maximum absolute atomic E-state index is 14.8. The van der Waals surface area contributed by atoms with E-state index in [2.05, 4.69) is 35.6 Å². The lowest BCUT2D eigenvalue weighted by Gasteiger charge is -2.27. The molecule has 0 bridgehead atoms. The minimum absolute atomic E-state index is 0. The van der Waals surface area contributed by atoms with Crippen molar-refractivity contribution in [3.63, 3.8) is 0 Å². The molecule has 0 spiro atoms. The minimum atomic E-state index is -0.559. The summed E-state index contributed by atoms with van der Waals surface area (Å²) in [6.45, 7) is 0.892. The van der Waals surface area contributed by atoms with Crippen LogP contribution in [0, 0.1) is 15.9 Å². The van der Waals surface area contributed by atoms with Crippen molar-refractivity contribution in [2.24, 2.45) is 7.05 Å². The third-order valence-corrected chi connectivity index (χ3v) is 6.73. The van der Waals surface area contributed by atoms with E-state index in [0.29, 0.717) is 51.4 Å². The molecule has 0 fully saturated rings. The first-order valence-electron chi connectivity index (χ1n) is 13.7. The predicted octanol–water partition coefficient (Wildman–Crippen LogP) is 1.30. The van der Waals surface area contributed by atoms with Crippen LogP contribution in [0.3, 0.4) is 0 Å². The van der Waals surface area contributed by atoms with Gasteiger partial charge in [0.2, 0.25) is 12.2 Å². The van der Waals surface area contributed by atoms with Crippen LogP contribution in [0.4, 0.5) is 27.5 Å². The highest BCUT2D eigenvalue weighted by Gasteiger charge is 2.27. The van der Waals surface area contributed by atoms with Crippen molar-refractivity contribution in [1.29, 1.82) is 0 Å². The number of likely N-dealkylation sites (N-methyl/N-ethyl adjacent to an activating group) is 1. The van der Waals surface area contributed by atoms with Crippen molar-refractivity contribution < 1.29 is 40.3 Å². The summed E-state index contributed by atoms with van der Waals surface area (Å²) in [7, 11) is 5.50. The number of amides is 1. The highest BCUT2D eigenvalue weighted by Crippen LogP contribution is 2.28. The molecule has 0 aliphatic rings. The van der Waals surface area contributed by atoms with Gasteiger partial charge < -0.3 is 51.5 Å². The smallest absolute Gasteiger partial charge is 0.390 e. The number of rotatable bonds is 12. The van der Waals surface area contributed by atoms with Gasteiger partial charge >= 0.3 is 5.82 Å². The molecule has 2 N–H and O–H groups in total. The number of nitro groups is 1. The Balaban J connectivity index is 0.00000480. The number of carbonyl (C=O) groups excluding carboxylic acids is 1. The summed E-state index contributed by atoms with van der Waals surface area (Å²) >= 11 is 0. The molecule has 0 atom stereocenters. The Morgan fingerprint density at radius 3 is 2.70 bits per heavy atom. The maximum atomic E-state index is 14.8. The number of hydrogen-bond donors (Lipinski definition) is 2. The number of imidazole rings is 1.